The van der Waals surface area contributed by atoms with E-state index in [1.807, 2.05) is 0 Å². The molecule has 0 saturated heterocycles. The van der Waals surface area contributed by atoms with Crippen molar-refractivity contribution in [3.05, 3.63) is 23.3 Å². The standard InChI is InChI=1S/C14H19NO5S/c1-9-6-12(20-3)7-10(2)14(9)21(18,19)15(8-13(16)17)11-4-5-11/h6-7,11H,4-5,8H2,1-3H3,(H,16,17). The molecule has 0 spiro atoms. The van der Waals surface area contributed by atoms with Crippen LogP contribution < -0.4 is 4.74 Å². The lowest BCUT2D eigenvalue weighted by Gasteiger charge is -2.22. The zero-order valence-corrected chi connectivity index (χ0v) is 13.1. The van der Waals surface area contributed by atoms with Gasteiger partial charge in [0.25, 0.3) is 0 Å². The quantitative estimate of drug-likeness (QED) is 0.861. The third-order valence-corrected chi connectivity index (χ3v) is 5.69. The summed E-state index contributed by atoms with van der Waals surface area (Å²) >= 11 is 0. The van der Waals surface area contributed by atoms with Gasteiger partial charge in [0.2, 0.25) is 10.0 Å². The van der Waals surface area contributed by atoms with Crippen molar-refractivity contribution in [2.75, 3.05) is 13.7 Å². The highest BCUT2D eigenvalue weighted by atomic mass is 32.2. The molecule has 1 N–H and O–H groups in total. The Morgan fingerprint density at radius 3 is 2.24 bits per heavy atom. The second-order valence-corrected chi connectivity index (χ2v) is 7.09. The molecule has 0 unspecified atom stereocenters. The van der Waals surface area contributed by atoms with Crippen LogP contribution in [0.2, 0.25) is 0 Å². The van der Waals surface area contributed by atoms with Gasteiger partial charge in [0.15, 0.2) is 0 Å². The number of ether oxygens (including phenoxy) is 1. The molecule has 0 aromatic heterocycles. The second kappa shape index (κ2) is 5.65. The highest BCUT2D eigenvalue weighted by Crippen LogP contribution is 2.35. The summed E-state index contributed by atoms with van der Waals surface area (Å²) in [5.41, 5.74) is 1.12. The second-order valence-electron chi connectivity index (χ2n) is 5.27. The Balaban J connectivity index is 2.49. The van der Waals surface area contributed by atoms with Gasteiger partial charge in [-0.15, -0.1) is 0 Å². The van der Waals surface area contributed by atoms with E-state index in [1.54, 1.807) is 26.0 Å². The molecule has 0 radical (unpaired) electrons. The van der Waals surface area contributed by atoms with Crippen molar-refractivity contribution in [3.8, 4) is 5.75 Å². The van der Waals surface area contributed by atoms with E-state index < -0.39 is 22.5 Å². The lowest BCUT2D eigenvalue weighted by atomic mass is 10.1. The van der Waals surface area contributed by atoms with Crippen LogP contribution in [0.3, 0.4) is 0 Å². The third-order valence-electron chi connectivity index (χ3n) is 3.48. The number of methoxy groups -OCH3 is 1. The van der Waals surface area contributed by atoms with Crippen LogP contribution in [-0.4, -0.2) is 43.5 Å². The first-order valence-electron chi connectivity index (χ1n) is 6.66. The van der Waals surface area contributed by atoms with Crippen LogP contribution in [-0.2, 0) is 14.8 Å². The lowest BCUT2D eigenvalue weighted by molar-refractivity contribution is -0.137. The lowest BCUT2D eigenvalue weighted by Crippen LogP contribution is -2.38. The maximum atomic E-state index is 12.8. The molecule has 1 fully saturated rings. The number of benzene rings is 1. The van der Waals surface area contributed by atoms with Crippen molar-refractivity contribution in [1.82, 2.24) is 4.31 Å². The molecule has 6 nitrogen and oxygen atoms in total. The first-order valence-corrected chi connectivity index (χ1v) is 8.10. The fourth-order valence-electron chi connectivity index (χ4n) is 2.46. The van der Waals surface area contributed by atoms with Crippen LogP contribution in [0.4, 0.5) is 0 Å². The Labute approximate surface area is 124 Å². The molecule has 1 aromatic rings. The van der Waals surface area contributed by atoms with Gasteiger partial charge in [-0.25, -0.2) is 8.42 Å². The van der Waals surface area contributed by atoms with E-state index in [0.717, 1.165) is 4.31 Å². The first-order chi connectivity index (χ1) is 9.77. The van der Waals surface area contributed by atoms with Crippen LogP contribution in [0.15, 0.2) is 17.0 Å². The minimum atomic E-state index is -3.82. The number of aliphatic carboxylic acids is 1. The van der Waals surface area contributed by atoms with Gasteiger partial charge in [-0.05, 0) is 49.9 Å². The van der Waals surface area contributed by atoms with E-state index in [0.29, 0.717) is 29.7 Å². The molecular formula is C14H19NO5S. The van der Waals surface area contributed by atoms with E-state index in [2.05, 4.69) is 0 Å². The molecule has 1 aliphatic rings. The minimum absolute atomic E-state index is 0.177. The summed E-state index contributed by atoms with van der Waals surface area (Å²) in [6.07, 6.45) is 1.42. The molecule has 2 rings (SSSR count). The van der Waals surface area contributed by atoms with Gasteiger partial charge in [-0.2, -0.15) is 4.31 Å². The molecule has 7 heteroatoms. The summed E-state index contributed by atoms with van der Waals surface area (Å²) in [5.74, 6) is -0.561. The zero-order valence-electron chi connectivity index (χ0n) is 12.3. The predicted octanol–water partition coefficient (Wildman–Crippen LogP) is 1.55. The average Bonchev–Trinajstić information content (AvgIpc) is 3.18. The SMILES string of the molecule is COc1cc(C)c(S(=O)(=O)N(CC(=O)O)C2CC2)c(C)c1. The van der Waals surface area contributed by atoms with Crippen molar-refractivity contribution in [3.63, 3.8) is 0 Å². The topological polar surface area (TPSA) is 83.9 Å². The van der Waals surface area contributed by atoms with Crippen LogP contribution in [0.5, 0.6) is 5.75 Å². The van der Waals surface area contributed by atoms with Gasteiger partial charge in [0.1, 0.15) is 12.3 Å². The molecule has 0 atom stereocenters. The average molecular weight is 313 g/mol. The van der Waals surface area contributed by atoms with E-state index in [1.165, 1.54) is 7.11 Å². The monoisotopic (exact) mass is 313 g/mol. The van der Waals surface area contributed by atoms with E-state index in [4.69, 9.17) is 9.84 Å². The highest BCUT2D eigenvalue weighted by Gasteiger charge is 2.40. The van der Waals surface area contributed by atoms with Crippen LogP contribution >= 0.6 is 0 Å². The van der Waals surface area contributed by atoms with Crippen LogP contribution in [0, 0.1) is 13.8 Å². The largest absolute Gasteiger partial charge is 0.497 e. The fourth-order valence-corrected chi connectivity index (χ4v) is 4.51. The summed E-state index contributed by atoms with van der Waals surface area (Å²) in [7, 11) is -2.31. The molecule has 0 heterocycles. The number of carbonyl (C=O) groups is 1. The zero-order chi connectivity index (χ0) is 15.8. The number of sulfonamides is 1. The van der Waals surface area contributed by atoms with E-state index in [9.17, 15) is 13.2 Å². The van der Waals surface area contributed by atoms with Crippen LogP contribution in [0.1, 0.15) is 24.0 Å². The highest BCUT2D eigenvalue weighted by molar-refractivity contribution is 7.89. The molecule has 0 amide bonds. The number of carboxylic acid groups (broad SMARTS) is 1. The number of hydrogen-bond donors (Lipinski definition) is 1. The Morgan fingerprint density at radius 1 is 1.33 bits per heavy atom. The normalized spacial score (nSPS) is 15.2. The smallest absolute Gasteiger partial charge is 0.318 e. The number of hydrogen-bond acceptors (Lipinski definition) is 4. The summed E-state index contributed by atoms with van der Waals surface area (Å²) < 4.78 is 31.8. The molecule has 1 aromatic carbocycles. The third kappa shape index (κ3) is 3.19. The molecule has 1 aliphatic carbocycles. The number of nitrogens with zero attached hydrogens (tertiary/aromatic N) is 1. The predicted molar refractivity (Wildman–Crippen MR) is 77.0 cm³/mol. The van der Waals surface area contributed by atoms with Gasteiger partial charge in [0, 0.05) is 6.04 Å². The molecule has 21 heavy (non-hydrogen) atoms. The van der Waals surface area contributed by atoms with Crippen LogP contribution in [0.25, 0.3) is 0 Å². The van der Waals surface area contributed by atoms with E-state index >= 15 is 0 Å². The van der Waals surface area contributed by atoms with Crippen molar-refractivity contribution in [2.45, 2.75) is 37.6 Å². The first kappa shape index (κ1) is 15.8. The number of aryl methyl sites for hydroxylation is 2. The van der Waals surface area contributed by atoms with Crippen molar-refractivity contribution >= 4 is 16.0 Å². The summed E-state index contributed by atoms with van der Waals surface area (Å²) in [4.78, 5) is 11.1. The maximum absolute atomic E-state index is 12.8. The minimum Gasteiger partial charge on any atom is -0.497 e. The van der Waals surface area contributed by atoms with Gasteiger partial charge >= 0.3 is 5.97 Å². The van der Waals surface area contributed by atoms with Gasteiger partial charge in [-0.3, -0.25) is 4.79 Å². The fraction of sp³-hybridized carbons (Fsp3) is 0.500. The molecule has 0 aliphatic heterocycles. The Kier molecular flexibility index (Phi) is 4.25. The van der Waals surface area contributed by atoms with Crippen molar-refractivity contribution < 1.29 is 23.1 Å². The summed E-state index contributed by atoms with van der Waals surface area (Å²) in [6, 6.07) is 3.09. The number of rotatable bonds is 6. The van der Waals surface area contributed by atoms with E-state index in [-0.39, 0.29) is 10.9 Å². The molecule has 1 saturated carbocycles. The Bertz CT molecular complexity index is 641. The summed E-state index contributed by atoms with van der Waals surface area (Å²) in [5, 5.41) is 8.97. The van der Waals surface area contributed by atoms with Crippen molar-refractivity contribution in [1.29, 1.82) is 0 Å². The molecule has 0 bridgehead atoms. The summed E-state index contributed by atoms with van der Waals surface area (Å²) in [6.45, 7) is 2.88. The number of carboxylic acids is 1. The van der Waals surface area contributed by atoms with Gasteiger partial charge in [-0.1, -0.05) is 0 Å². The Morgan fingerprint density at radius 2 is 1.86 bits per heavy atom. The Hall–Kier alpha value is -1.60. The van der Waals surface area contributed by atoms with Gasteiger partial charge in [0.05, 0.1) is 12.0 Å². The molecular weight excluding hydrogens is 294 g/mol. The van der Waals surface area contributed by atoms with Crippen molar-refractivity contribution in [2.24, 2.45) is 0 Å². The van der Waals surface area contributed by atoms with Gasteiger partial charge < -0.3 is 9.84 Å². The maximum Gasteiger partial charge on any atom is 0.318 e. The molecule has 116 valence electrons.